The molecule has 0 aliphatic carbocycles. The molecular formula is C18H16F2N2O3. The maximum absolute atomic E-state index is 13.4. The third-order valence-electron chi connectivity index (χ3n) is 3.68. The van der Waals surface area contributed by atoms with Crippen molar-refractivity contribution < 1.29 is 23.1 Å². The number of hydrogen-bond acceptors (Lipinski definition) is 3. The van der Waals surface area contributed by atoms with Crippen molar-refractivity contribution in [2.45, 2.75) is 12.5 Å². The summed E-state index contributed by atoms with van der Waals surface area (Å²) in [5.74, 6) is -1.33. The molecule has 7 heteroatoms. The molecule has 3 rings (SSSR count). The molecule has 2 amide bonds. The minimum absolute atomic E-state index is 0.0973. The molecule has 0 radical (unpaired) electrons. The molecule has 1 atom stereocenters. The summed E-state index contributed by atoms with van der Waals surface area (Å²) in [4.78, 5) is 11.7. The van der Waals surface area contributed by atoms with Gasteiger partial charge in [0.25, 0.3) is 0 Å². The Hall–Kier alpha value is -2.93. The first-order valence-corrected chi connectivity index (χ1v) is 7.70. The SMILES string of the molecule is O=C(NCC[C@@H](O)c1cc2ccccc2o1)Nc1c(F)cccc1F. The Morgan fingerprint density at radius 3 is 2.56 bits per heavy atom. The number of amides is 2. The van der Waals surface area contributed by atoms with Crippen molar-refractivity contribution in [2.75, 3.05) is 11.9 Å². The molecule has 130 valence electrons. The van der Waals surface area contributed by atoms with Crippen molar-refractivity contribution in [1.82, 2.24) is 5.32 Å². The predicted molar refractivity (Wildman–Crippen MR) is 89.2 cm³/mol. The second kappa shape index (κ2) is 7.31. The Labute approximate surface area is 142 Å². The van der Waals surface area contributed by atoms with Gasteiger partial charge in [-0.15, -0.1) is 0 Å². The summed E-state index contributed by atoms with van der Waals surface area (Å²) in [7, 11) is 0. The highest BCUT2D eigenvalue weighted by atomic mass is 19.1. The number of halogens is 2. The number of furan rings is 1. The molecular weight excluding hydrogens is 330 g/mol. The van der Waals surface area contributed by atoms with Crippen LogP contribution in [0, 0.1) is 11.6 Å². The van der Waals surface area contributed by atoms with E-state index in [4.69, 9.17) is 4.42 Å². The van der Waals surface area contributed by atoms with Gasteiger partial charge in [-0.3, -0.25) is 0 Å². The van der Waals surface area contributed by atoms with Gasteiger partial charge in [0.15, 0.2) is 0 Å². The fraction of sp³-hybridized carbons (Fsp3) is 0.167. The average Bonchev–Trinajstić information content (AvgIpc) is 3.02. The van der Waals surface area contributed by atoms with Gasteiger partial charge >= 0.3 is 6.03 Å². The quantitative estimate of drug-likeness (QED) is 0.655. The van der Waals surface area contributed by atoms with Crippen LogP contribution in [-0.2, 0) is 0 Å². The molecule has 2 aromatic carbocycles. The van der Waals surface area contributed by atoms with Crippen molar-refractivity contribution in [1.29, 1.82) is 0 Å². The van der Waals surface area contributed by atoms with Crippen LogP contribution in [0.5, 0.6) is 0 Å². The lowest BCUT2D eigenvalue weighted by atomic mass is 10.2. The van der Waals surface area contributed by atoms with E-state index in [1.807, 2.05) is 18.2 Å². The van der Waals surface area contributed by atoms with Gasteiger partial charge in [0.05, 0.1) is 0 Å². The van der Waals surface area contributed by atoms with Crippen LogP contribution in [0.3, 0.4) is 0 Å². The monoisotopic (exact) mass is 346 g/mol. The van der Waals surface area contributed by atoms with Gasteiger partial charge in [-0.05, 0) is 30.7 Å². The van der Waals surface area contributed by atoms with Gasteiger partial charge in [-0.25, -0.2) is 13.6 Å². The third kappa shape index (κ3) is 3.95. The number of rotatable bonds is 5. The van der Waals surface area contributed by atoms with E-state index in [2.05, 4.69) is 10.6 Å². The second-order valence-electron chi connectivity index (χ2n) is 5.47. The molecule has 25 heavy (non-hydrogen) atoms. The zero-order valence-electron chi connectivity index (χ0n) is 13.1. The van der Waals surface area contributed by atoms with E-state index in [0.717, 1.165) is 17.5 Å². The molecule has 0 saturated heterocycles. The lowest BCUT2D eigenvalue weighted by Gasteiger charge is -2.11. The Balaban J connectivity index is 1.52. The summed E-state index contributed by atoms with van der Waals surface area (Å²) >= 11 is 0. The van der Waals surface area contributed by atoms with E-state index in [1.54, 1.807) is 12.1 Å². The standard InChI is InChI=1S/C18H16F2N2O3/c19-12-5-3-6-13(20)17(12)22-18(24)21-9-8-14(23)16-10-11-4-1-2-7-15(11)25-16/h1-7,10,14,23H,8-9H2,(H2,21,22,24)/t14-/m1/s1. The topological polar surface area (TPSA) is 74.5 Å². The second-order valence-corrected chi connectivity index (χ2v) is 5.47. The molecule has 0 spiro atoms. The summed E-state index contributed by atoms with van der Waals surface area (Å²) in [6, 6.07) is 11.6. The maximum Gasteiger partial charge on any atom is 0.319 e. The third-order valence-corrected chi connectivity index (χ3v) is 3.68. The normalized spacial score (nSPS) is 12.1. The smallest absolute Gasteiger partial charge is 0.319 e. The minimum Gasteiger partial charge on any atom is -0.458 e. The van der Waals surface area contributed by atoms with Crippen LogP contribution >= 0.6 is 0 Å². The molecule has 0 aliphatic rings. The molecule has 0 aliphatic heterocycles. The zero-order valence-corrected chi connectivity index (χ0v) is 13.1. The number of hydrogen-bond donors (Lipinski definition) is 3. The Morgan fingerprint density at radius 1 is 1.12 bits per heavy atom. The minimum atomic E-state index is -0.905. The number of para-hydroxylation sites is 2. The van der Waals surface area contributed by atoms with E-state index in [-0.39, 0.29) is 13.0 Å². The lowest BCUT2D eigenvalue weighted by Crippen LogP contribution is -2.31. The van der Waals surface area contributed by atoms with E-state index in [1.165, 1.54) is 6.07 Å². The summed E-state index contributed by atoms with van der Waals surface area (Å²) in [6.45, 7) is 0.0973. The van der Waals surface area contributed by atoms with Crippen molar-refractivity contribution in [3.63, 3.8) is 0 Å². The maximum atomic E-state index is 13.4. The van der Waals surface area contributed by atoms with Crippen LogP contribution < -0.4 is 10.6 Å². The van der Waals surface area contributed by atoms with Crippen LogP contribution in [0.15, 0.2) is 52.9 Å². The Morgan fingerprint density at radius 2 is 1.84 bits per heavy atom. The first-order valence-electron chi connectivity index (χ1n) is 7.70. The largest absolute Gasteiger partial charge is 0.458 e. The highest BCUT2D eigenvalue weighted by Crippen LogP contribution is 2.25. The number of aliphatic hydroxyl groups excluding tert-OH is 1. The number of anilines is 1. The van der Waals surface area contributed by atoms with E-state index in [9.17, 15) is 18.7 Å². The molecule has 0 saturated carbocycles. The van der Waals surface area contributed by atoms with Crippen molar-refractivity contribution in [3.05, 3.63) is 65.9 Å². The summed E-state index contributed by atoms with van der Waals surface area (Å²) in [5.41, 5.74) is 0.148. The number of benzene rings is 2. The number of carbonyl (C=O) groups excluding carboxylic acids is 1. The molecule has 0 bridgehead atoms. The van der Waals surface area contributed by atoms with Gasteiger partial charge < -0.3 is 20.2 Å². The zero-order chi connectivity index (χ0) is 17.8. The number of carbonyl (C=O) groups is 1. The molecule has 0 unspecified atom stereocenters. The first kappa shape index (κ1) is 16.9. The van der Waals surface area contributed by atoms with Crippen molar-refractivity contribution in [3.8, 4) is 0 Å². The molecule has 5 nitrogen and oxygen atoms in total. The van der Waals surface area contributed by atoms with Gasteiger partial charge in [0.1, 0.15) is 34.8 Å². The molecule has 3 aromatic rings. The van der Waals surface area contributed by atoms with E-state index in [0.29, 0.717) is 11.3 Å². The molecule has 0 fully saturated rings. The van der Waals surface area contributed by atoms with Crippen LogP contribution in [-0.4, -0.2) is 17.7 Å². The molecule has 1 heterocycles. The average molecular weight is 346 g/mol. The number of nitrogens with one attached hydrogen (secondary N) is 2. The number of fused-ring (bicyclic) bond motifs is 1. The van der Waals surface area contributed by atoms with Crippen LogP contribution in [0.4, 0.5) is 19.3 Å². The summed E-state index contributed by atoms with van der Waals surface area (Å²) in [6.07, 6.45) is -0.717. The van der Waals surface area contributed by atoms with Crippen LogP contribution in [0.25, 0.3) is 11.0 Å². The van der Waals surface area contributed by atoms with Crippen molar-refractivity contribution >= 4 is 22.7 Å². The molecule has 3 N–H and O–H groups in total. The number of aliphatic hydroxyl groups is 1. The predicted octanol–water partition coefficient (Wildman–Crippen LogP) is 3.96. The first-order chi connectivity index (χ1) is 12.0. The highest BCUT2D eigenvalue weighted by Gasteiger charge is 2.15. The van der Waals surface area contributed by atoms with Gasteiger partial charge in [-0.2, -0.15) is 0 Å². The van der Waals surface area contributed by atoms with Crippen molar-refractivity contribution in [2.24, 2.45) is 0 Å². The fourth-order valence-electron chi connectivity index (χ4n) is 2.41. The van der Waals surface area contributed by atoms with Gasteiger partial charge in [0, 0.05) is 11.9 Å². The summed E-state index contributed by atoms with van der Waals surface area (Å²) < 4.78 is 32.4. The number of urea groups is 1. The lowest BCUT2D eigenvalue weighted by molar-refractivity contribution is 0.143. The van der Waals surface area contributed by atoms with E-state index >= 15 is 0 Å². The highest BCUT2D eigenvalue weighted by molar-refractivity contribution is 5.89. The summed E-state index contributed by atoms with van der Waals surface area (Å²) in [5, 5.41) is 15.5. The van der Waals surface area contributed by atoms with E-state index < -0.39 is 29.5 Å². The Bertz CT molecular complexity index is 842. The van der Waals surface area contributed by atoms with Gasteiger partial charge in [0.2, 0.25) is 0 Å². The fourth-order valence-corrected chi connectivity index (χ4v) is 2.41. The van der Waals surface area contributed by atoms with Gasteiger partial charge in [-0.1, -0.05) is 24.3 Å². The van der Waals surface area contributed by atoms with Crippen LogP contribution in [0.2, 0.25) is 0 Å². The Kier molecular flexibility index (Phi) is 4.95. The molecule has 1 aromatic heterocycles. The van der Waals surface area contributed by atoms with Crippen LogP contribution in [0.1, 0.15) is 18.3 Å².